The first-order valence-electron chi connectivity index (χ1n) is 5.82. The Labute approximate surface area is 114 Å². The molecule has 1 amide bonds. The molecule has 1 aromatic heterocycles. The number of rotatable bonds is 3. The van der Waals surface area contributed by atoms with Gasteiger partial charge in [-0.3, -0.25) is 9.59 Å². The van der Waals surface area contributed by atoms with E-state index in [9.17, 15) is 14.4 Å². The first-order valence-corrected chi connectivity index (χ1v) is 5.82. The maximum absolute atomic E-state index is 11.6. The zero-order valence-corrected chi connectivity index (χ0v) is 10.6. The van der Waals surface area contributed by atoms with Gasteiger partial charge in [0.1, 0.15) is 5.56 Å². The number of carbonyl (C=O) groups excluding carboxylic acids is 1. The van der Waals surface area contributed by atoms with Crippen molar-refractivity contribution in [2.75, 3.05) is 5.32 Å². The molecule has 0 saturated heterocycles. The zero-order chi connectivity index (χ0) is 14.7. The molecule has 2 aromatic rings. The Morgan fingerprint density at radius 3 is 2.25 bits per heavy atom. The lowest BCUT2D eigenvalue weighted by molar-refractivity contribution is -0.114. The number of anilines is 1. The van der Waals surface area contributed by atoms with Crippen molar-refractivity contribution in [3.8, 4) is 11.3 Å². The summed E-state index contributed by atoms with van der Waals surface area (Å²) in [5.41, 5.74) is 0.915. The summed E-state index contributed by atoms with van der Waals surface area (Å²) < 4.78 is 0. The number of aromatic nitrogens is 1. The minimum absolute atomic E-state index is 0.169. The lowest BCUT2D eigenvalue weighted by Crippen LogP contribution is -2.17. The van der Waals surface area contributed by atoms with Crippen LogP contribution >= 0.6 is 0 Å². The summed E-state index contributed by atoms with van der Waals surface area (Å²) >= 11 is 0. The second-order valence-electron chi connectivity index (χ2n) is 4.18. The Kier molecular flexibility index (Phi) is 3.65. The molecule has 0 unspecified atom stereocenters. The molecule has 2 rings (SSSR count). The van der Waals surface area contributed by atoms with E-state index in [2.05, 4.69) is 10.3 Å². The number of carboxylic acid groups (broad SMARTS) is 1. The average molecular weight is 272 g/mol. The lowest BCUT2D eigenvalue weighted by atomic mass is 10.1. The number of benzene rings is 1. The molecule has 0 aliphatic carbocycles. The summed E-state index contributed by atoms with van der Waals surface area (Å²) in [5.74, 6) is -1.43. The standard InChI is InChI=1S/C14H12N2O4/c1-8(17)15-10-4-2-9(3-5-10)12-7-6-11(14(19)20)13(18)16-12/h2-7H,1H3,(H,15,17)(H,16,18)(H,19,20). The fourth-order valence-electron chi connectivity index (χ4n) is 1.75. The van der Waals surface area contributed by atoms with Crippen LogP contribution in [0, 0.1) is 0 Å². The molecule has 0 fully saturated rings. The number of aromatic amines is 1. The molecule has 6 heteroatoms. The minimum Gasteiger partial charge on any atom is -0.477 e. The molecule has 1 aromatic carbocycles. The molecule has 0 atom stereocenters. The van der Waals surface area contributed by atoms with Crippen molar-refractivity contribution in [2.24, 2.45) is 0 Å². The summed E-state index contributed by atoms with van der Waals surface area (Å²) in [6.07, 6.45) is 0. The van der Waals surface area contributed by atoms with Gasteiger partial charge in [0.15, 0.2) is 0 Å². The predicted molar refractivity (Wildman–Crippen MR) is 73.8 cm³/mol. The number of nitrogens with one attached hydrogen (secondary N) is 2. The van der Waals surface area contributed by atoms with Crippen LogP contribution in [0.2, 0.25) is 0 Å². The Morgan fingerprint density at radius 2 is 1.75 bits per heavy atom. The van der Waals surface area contributed by atoms with Crippen LogP contribution in [0.15, 0.2) is 41.2 Å². The van der Waals surface area contributed by atoms with Gasteiger partial charge in [-0.2, -0.15) is 0 Å². The van der Waals surface area contributed by atoms with E-state index < -0.39 is 11.5 Å². The van der Waals surface area contributed by atoms with Crippen molar-refractivity contribution in [3.05, 3.63) is 52.3 Å². The Hall–Kier alpha value is -2.89. The number of amides is 1. The molecule has 6 nitrogen and oxygen atoms in total. The average Bonchev–Trinajstić information content (AvgIpc) is 2.38. The fourth-order valence-corrected chi connectivity index (χ4v) is 1.75. The normalized spacial score (nSPS) is 10.1. The van der Waals surface area contributed by atoms with Gasteiger partial charge in [0.05, 0.1) is 0 Å². The Morgan fingerprint density at radius 1 is 1.10 bits per heavy atom. The van der Waals surface area contributed by atoms with Crippen LogP contribution in [0.4, 0.5) is 5.69 Å². The molecule has 102 valence electrons. The predicted octanol–water partition coefficient (Wildman–Crippen LogP) is 1.70. The van der Waals surface area contributed by atoms with Gasteiger partial charge in [-0.1, -0.05) is 12.1 Å². The topological polar surface area (TPSA) is 99.3 Å². The van der Waals surface area contributed by atoms with Crippen molar-refractivity contribution in [1.82, 2.24) is 4.98 Å². The van der Waals surface area contributed by atoms with E-state index in [4.69, 9.17) is 5.11 Å². The van der Waals surface area contributed by atoms with Gasteiger partial charge < -0.3 is 15.4 Å². The molecule has 20 heavy (non-hydrogen) atoms. The quantitative estimate of drug-likeness (QED) is 0.791. The lowest BCUT2D eigenvalue weighted by Gasteiger charge is -2.05. The van der Waals surface area contributed by atoms with Crippen molar-refractivity contribution < 1.29 is 14.7 Å². The maximum Gasteiger partial charge on any atom is 0.341 e. The van der Waals surface area contributed by atoms with E-state index in [0.717, 1.165) is 0 Å². The van der Waals surface area contributed by atoms with Crippen LogP contribution < -0.4 is 10.9 Å². The van der Waals surface area contributed by atoms with Gasteiger partial charge in [-0.15, -0.1) is 0 Å². The van der Waals surface area contributed by atoms with Gasteiger partial charge >= 0.3 is 5.97 Å². The second-order valence-corrected chi connectivity index (χ2v) is 4.18. The van der Waals surface area contributed by atoms with Crippen LogP contribution in [0.3, 0.4) is 0 Å². The van der Waals surface area contributed by atoms with Crippen molar-refractivity contribution in [2.45, 2.75) is 6.92 Å². The molecule has 1 heterocycles. The summed E-state index contributed by atoms with van der Waals surface area (Å²) in [6, 6.07) is 9.62. The highest BCUT2D eigenvalue weighted by atomic mass is 16.4. The van der Waals surface area contributed by atoms with Crippen LogP contribution in [-0.2, 0) is 4.79 Å². The fraction of sp³-hybridized carbons (Fsp3) is 0.0714. The molecular formula is C14H12N2O4. The number of hydrogen-bond donors (Lipinski definition) is 3. The van der Waals surface area contributed by atoms with Gasteiger partial charge in [-0.05, 0) is 29.8 Å². The molecule has 0 aliphatic heterocycles. The molecule has 0 spiro atoms. The zero-order valence-electron chi connectivity index (χ0n) is 10.6. The number of hydrogen-bond acceptors (Lipinski definition) is 3. The van der Waals surface area contributed by atoms with Crippen LogP contribution in [0.1, 0.15) is 17.3 Å². The third-order valence-electron chi connectivity index (χ3n) is 2.66. The van der Waals surface area contributed by atoms with E-state index in [0.29, 0.717) is 16.9 Å². The molecule has 0 aliphatic rings. The van der Waals surface area contributed by atoms with Crippen LogP contribution in [0.5, 0.6) is 0 Å². The van der Waals surface area contributed by atoms with Crippen molar-refractivity contribution in [1.29, 1.82) is 0 Å². The van der Waals surface area contributed by atoms with E-state index in [1.165, 1.54) is 19.1 Å². The SMILES string of the molecule is CC(=O)Nc1ccc(-c2ccc(C(=O)O)c(=O)[nH]2)cc1. The summed E-state index contributed by atoms with van der Waals surface area (Å²) in [4.78, 5) is 35.7. The second kappa shape index (κ2) is 5.40. The molecule has 0 saturated carbocycles. The van der Waals surface area contributed by atoms with Gasteiger partial charge in [0.25, 0.3) is 5.56 Å². The number of carboxylic acids is 1. The number of carbonyl (C=O) groups is 2. The highest BCUT2D eigenvalue weighted by molar-refractivity contribution is 5.89. The van der Waals surface area contributed by atoms with Crippen molar-refractivity contribution in [3.63, 3.8) is 0 Å². The van der Waals surface area contributed by atoms with E-state index in [1.807, 2.05) is 0 Å². The number of aromatic carboxylic acids is 1. The monoisotopic (exact) mass is 272 g/mol. The molecule has 0 radical (unpaired) electrons. The Balaban J connectivity index is 2.32. The largest absolute Gasteiger partial charge is 0.477 e. The van der Waals surface area contributed by atoms with Crippen molar-refractivity contribution >= 4 is 17.6 Å². The number of H-pyrrole nitrogens is 1. The molecular weight excluding hydrogens is 260 g/mol. The first kappa shape index (κ1) is 13.5. The van der Waals surface area contributed by atoms with Gasteiger partial charge in [0.2, 0.25) is 5.91 Å². The Bertz CT molecular complexity index is 717. The van der Waals surface area contributed by atoms with Crippen LogP contribution in [-0.4, -0.2) is 22.0 Å². The van der Waals surface area contributed by atoms with E-state index in [1.54, 1.807) is 24.3 Å². The third-order valence-corrected chi connectivity index (χ3v) is 2.66. The first-order chi connectivity index (χ1) is 9.47. The summed E-state index contributed by atoms with van der Waals surface area (Å²) in [7, 11) is 0. The third kappa shape index (κ3) is 2.92. The van der Waals surface area contributed by atoms with E-state index in [-0.39, 0.29) is 11.5 Å². The van der Waals surface area contributed by atoms with E-state index >= 15 is 0 Å². The van der Waals surface area contributed by atoms with Crippen LogP contribution in [0.25, 0.3) is 11.3 Å². The van der Waals surface area contributed by atoms with Gasteiger partial charge in [0, 0.05) is 18.3 Å². The van der Waals surface area contributed by atoms with Gasteiger partial charge in [-0.25, -0.2) is 4.79 Å². The summed E-state index contributed by atoms with van der Waals surface area (Å²) in [5, 5.41) is 11.4. The highest BCUT2D eigenvalue weighted by Gasteiger charge is 2.09. The maximum atomic E-state index is 11.6. The number of pyridine rings is 1. The highest BCUT2D eigenvalue weighted by Crippen LogP contribution is 2.18. The summed E-state index contributed by atoms with van der Waals surface area (Å²) in [6.45, 7) is 1.41. The minimum atomic E-state index is -1.26. The molecule has 3 N–H and O–H groups in total. The molecule has 0 bridgehead atoms. The smallest absolute Gasteiger partial charge is 0.341 e.